The second-order valence-electron chi connectivity index (χ2n) is 5.17. The van der Waals surface area contributed by atoms with Crippen LogP contribution in [-0.4, -0.2) is 14.5 Å². The van der Waals surface area contributed by atoms with Crippen LogP contribution < -0.4 is 5.73 Å². The number of hydrogen-bond acceptors (Lipinski definition) is 3. The van der Waals surface area contributed by atoms with Crippen LogP contribution in [0.2, 0.25) is 0 Å². The average molecular weight is 230 g/mol. The summed E-state index contributed by atoms with van der Waals surface area (Å²) in [6.07, 6.45) is 4.25. The Balaban J connectivity index is 2.14. The first-order valence-electron chi connectivity index (χ1n) is 6.27. The Labute approximate surface area is 101 Å². The van der Waals surface area contributed by atoms with Crippen molar-refractivity contribution in [3.8, 4) is 0 Å². The molecule has 2 aromatic heterocycles. The zero-order valence-electron chi connectivity index (χ0n) is 10.3. The fourth-order valence-electron chi connectivity index (χ4n) is 2.98. The maximum absolute atomic E-state index is 6.05. The van der Waals surface area contributed by atoms with Crippen molar-refractivity contribution in [2.45, 2.75) is 32.7 Å². The third-order valence-electron chi connectivity index (χ3n) is 4.23. The number of nitrogen functional groups attached to an aromatic ring is 1. The van der Waals surface area contributed by atoms with Crippen LogP contribution in [0.15, 0.2) is 18.3 Å². The van der Waals surface area contributed by atoms with Crippen LogP contribution in [0.3, 0.4) is 0 Å². The molecule has 90 valence electrons. The summed E-state index contributed by atoms with van der Waals surface area (Å²) in [4.78, 5) is 8.82. The lowest BCUT2D eigenvalue weighted by atomic mass is 9.98. The standard InChI is InChI=1S/C13H18N4/c1-8-5-6-11(9(8)2)17-12-10(16-13(17)14)4-3-7-15-12/h3-4,7-9,11H,5-6H2,1-2H3,(H2,14,16). The van der Waals surface area contributed by atoms with Gasteiger partial charge in [0.05, 0.1) is 0 Å². The number of fused-ring (bicyclic) bond motifs is 1. The van der Waals surface area contributed by atoms with Crippen molar-refractivity contribution in [1.29, 1.82) is 0 Å². The van der Waals surface area contributed by atoms with Crippen LogP contribution >= 0.6 is 0 Å². The molecular formula is C13H18N4. The number of nitrogens with two attached hydrogens (primary N) is 1. The molecule has 17 heavy (non-hydrogen) atoms. The molecule has 0 spiro atoms. The first-order valence-corrected chi connectivity index (χ1v) is 6.27. The molecule has 1 saturated carbocycles. The van der Waals surface area contributed by atoms with E-state index in [0.29, 0.717) is 17.9 Å². The van der Waals surface area contributed by atoms with Gasteiger partial charge < -0.3 is 5.73 Å². The summed E-state index contributed by atoms with van der Waals surface area (Å²) in [6.45, 7) is 4.62. The molecule has 0 aromatic carbocycles. The quantitative estimate of drug-likeness (QED) is 0.819. The van der Waals surface area contributed by atoms with Gasteiger partial charge in [0, 0.05) is 12.2 Å². The van der Waals surface area contributed by atoms with Crippen molar-refractivity contribution in [1.82, 2.24) is 14.5 Å². The number of pyridine rings is 1. The Hall–Kier alpha value is -1.58. The van der Waals surface area contributed by atoms with Gasteiger partial charge in [-0.3, -0.25) is 4.57 Å². The monoisotopic (exact) mass is 230 g/mol. The van der Waals surface area contributed by atoms with E-state index < -0.39 is 0 Å². The summed E-state index contributed by atoms with van der Waals surface area (Å²) < 4.78 is 2.13. The molecule has 4 nitrogen and oxygen atoms in total. The maximum atomic E-state index is 6.05. The Morgan fingerprint density at radius 1 is 1.35 bits per heavy atom. The molecule has 1 fully saturated rings. The van der Waals surface area contributed by atoms with Crippen LogP contribution in [0, 0.1) is 11.8 Å². The molecule has 2 N–H and O–H groups in total. The number of nitrogens with zero attached hydrogens (tertiary/aromatic N) is 3. The maximum Gasteiger partial charge on any atom is 0.202 e. The van der Waals surface area contributed by atoms with E-state index in [4.69, 9.17) is 5.73 Å². The normalized spacial score (nSPS) is 28.9. The minimum atomic E-state index is 0.449. The number of anilines is 1. The Kier molecular flexibility index (Phi) is 2.31. The van der Waals surface area contributed by atoms with E-state index in [9.17, 15) is 0 Å². The van der Waals surface area contributed by atoms with Crippen LogP contribution in [0.1, 0.15) is 32.7 Å². The highest BCUT2D eigenvalue weighted by molar-refractivity contribution is 5.74. The summed E-state index contributed by atoms with van der Waals surface area (Å²) in [5, 5.41) is 0. The molecule has 2 heterocycles. The highest BCUT2D eigenvalue weighted by atomic mass is 15.2. The Morgan fingerprint density at radius 3 is 2.88 bits per heavy atom. The van der Waals surface area contributed by atoms with Crippen molar-refractivity contribution in [3.63, 3.8) is 0 Å². The molecular weight excluding hydrogens is 212 g/mol. The van der Waals surface area contributed by atoms with E-state index in [1.165, 1.54) is 12.8 Å². The molecule has 3 atom stereocenters. The van der Waals surface area contributed by atoms with Crippen LogP contribution in [-0.2, 0) is 0 Å². The molecule has 0 amide bonds. The average Bonchev–Trinajstić information content (AvgIpc) is 2.80. The lowest BCUT2D eigenvalue weighted by Crippen LogP contribution is -2.16. The Bertz CT molecular complexity index is 545. The predicted molar refractivity (Wildman–Crippen MR) is 68.5 cm³/mol. The van der Waals surface area contributed by atoms with Crippen LogP contribution in [0.25, 0.3) is 11.2 Å². The van der Waals surface area contributed by atoms with Gasteiger partial charge in [0.15, 0.2) is 5.65 Å². The lowest BCUT2D eigenvalue weighted by Gasteiger charge is -2.20. The predicted octanol–water partition coefficient (Wildman–Crippen LogP) is 2.62. The first-order chi connectivity index (χ1) is 8.18. The fraction of sp³-hybridized carbons (Fsp3) is 0.538. The third kappa shape index (κ3) is 1.51. The highest BCUT2D eigenvalue weighted by Crippen LogP contribution is 2.41. The van der Waals surface area contributed by atoms with Crippen LogP contribution in [0.5, 0.6) is 0 Å². The van der Waals surface area contributed by atoms with E-state index in [-0.39, 0.29) is 0 Å². The smallest absolute Gasteiger partial charge is 0.202 e. The summed E-state index contributed by atoms with van der Waals surface area (Å²) in [6, 6.07) is 4.32. The van der Waals surface area contributed by atoms with Crippen molar-refractivity contribution in [3.05, 3.63) is 18.3 Å². The number of rotatable bonds is 1. The largest absolute Gasteiger partial charge is 0.369 e. The zero-order chi connectivity index (χ0) is 12.0. The number of aromatic nitrogens is 3. The van der Waals surface area contributed by atoms with Gasteiger partial charge in [0.1, 0.15) is 5.52 Å². The minimum absolute atomic E-state index is 0.449. The number of imidazole rings is 1. The molecule has 4 heteroatoms. The van der Waals surface area contributed by atoms with Crippen molar-refractivity contribution in [2.24, 2.45) is 11.8 Å². The van der Waals surface area contributed by atoms with Gasteiger partial charge in [-0.1, -0.05) is 13.8 Å². The highest BCUT2D eigenvalue weighted by Gasteiger charge is 2.33. The fourth-order valence-corrected chi connectivity index (χ4v) is 2.98. The molecule has 0 bridgehead atoms. The van der Waals surface area contributed by atoms with Gasteiger partial charge >= 0.3 is 0 Å². The molecule has 1 aliphatic carbocycles. The van der Waals surface area contributed by atoms with E-state index in [0.717, 1.165) is 17.1 Å². The summed E-state index contributed by atoms with van der Waals surface area (Å²) in [5.41, 5.74) is 7.88. The van der Waals surface area contributed by atoms with Gasteiger partial charge in [0.2, 0.25) is 5.95 Å². The van der Waals surface area contributed by atoms with Crippen molar-refractivity contribution < 1.29 is 0 Å². The lowest BCUT2D eigenvalue weighted by molar-refractivity contribution is 0.360. The summed E-state index contributed by atoms with van der Waals surface area (Å²) in [5.74, 6) is 1.99. The summed E-state index contributed by atoms with van der Waals surface area (Å²) >= 11 is 0. The second kappa shape index (κ2) is 3.72. The van der Waals surface area contributed by atoms with E-state index in [1.54, 1.807) is 0 Å². The molecule has 0 saturated heterocycles. The van der Waals surface area contributed by atoms with E-state index in [1.807, 2.05) is 18.3 Å². The van der Waals surface area contributed by atoms with Gasteiger partial charge in [-0.2, -0.15) is 0 Å². The zero-order valence-corrected chi connectivity index (χ0v) is 10.3. The molecule has 0 aliphatic heterocycles. The minimum Gasteiger partial charge on any atom is -0.369 e. The molecule has 1 aliphatic rings. The van der Waals surface area contributed by atoms with Gasteiger partial charge in [-0.25, -0.2) is 9.97 Å². The van der Waals surface area contributed by atoms with E-state index in [2.05, 4.69) is 28.4 Å². The third-order valence-corrected chi connectivity index (χ3v) is 4.23. The summed E-state index contributed by atoms with van der Waals surface area (Å²) in [7, 11) is 0. The van der Waals surface area contributed by atoms with Crippen molar-refractivity contribution >= 4 is 17.1 Å². The van der Waals surface area contributed by atoms with Crippen LogP contribution in [0.4, 0.5) is 5.95 Å². The molecule has 3 rings (SSSR count). The molecule has 2 aromatic rings. The molecule has 0 radical (unpaired) electrons. The first kappa shape index (κ1) is 10.6. The van der Waals surface area contributed by atoms with Crippen molar-refractivity contribution in [2.75, 3.05) is 5.73 Å². The number of hydrogen-bond donors (Lipinski definition) is 1. The topological polar surface area (TPSA) is 56.7 Å². The second-order valence-corrected chi connectivity index (χ2v) is 5.17. The molecule has 3 unspecified atom stereocenters. The Morgan fingerprint density at radius 2 is 2.18 bits per heavy atom. The van der Waals surface area contributed by atoms with Gasteiger partial charge in [-0.15, -0.1) is 0 Å². The van der Waals surface area contributed by atoms with Gasteiger partial charge in [0.25, 0.3) is 0 Å². The SMILES string of the molecule is CC1CCC(n2c(N)nc3cccnc32)C1C. The van der Waals surface area contributed by atoms with E-state index >= 15 is 0 Å². The van der Waals surface area contributed by atoms with Gasteiger partial charge in [-0.05, 0) is 36.8 Å².